The minimum atomic E-state index is -0.400. The van der Waals surface area contributed by atoms with Gasteiger partial charge in [0.25, 0.3) is 0 Å². The van der Waals surface area contributed by atoms with Crippen LogP contribution in [0.15, 0.2) is 0 Å². The highest BCUT2D eigenvalue weighted by Crippen LogP contribution is 2.49. The molecule has 2 fully saturated rings. The summed E-state index contributed by atoms with van der Waals surface area (Å²) in [4.78, 5) is 12.9. The summed E-state index contributed by atoms with van der Waals surface area (Å²) >= 11 is 1.62. The Hall–Kier alpha value is -0.440. The number of hydrogen-bond donors (Lipinski definition) is 1. The molecular weight excluding hydrogens is 222 g/mol. The van der Waals surface area contributed by atoms with Crippen molar-refractivity contribution in [2.24, 2.45) is 5.73 Å². The third-order valence-corrected chi connectivity index (χ3v) is 4.20. The van der Waals surface area contributed by atoms with E-state index in [2.05, 4.69) is 6.07 Å². The lowest BCUT2D eigenvalue weighted by Gasteiger charge is -2.40. The Balaban J connectivity index is 0.000000980. The first-order valence-electron chi connectivity index (χ1n) is 4.14. The molecule has 2 aliphatic heterocycles. The van der Waals surface area contributed by atoms with Crippen LogP contribution < -0.4 is 5.73 Å². The minimum absolute atomic E-state index is 0. The van der Waals surface area contributed by atoms with Gasteiger partial charge in [0, 0.05) is 4.75 Å². The van der Waals surface area contributed by atoms with E-state index in [0.717, 1.165) is 0 Å². The fourth-order valence-electron chi connectivity index (χ4n) is 1.84. The normalized spacial score (nSPS) is 38.0. The molecule has 2 heterocycles. The van der Waals surface area contributed by atoms with Gasteiger partial charge in [0.15, 0.2) is 0 Å². The number of nitriles is 1. The molecule has 0 spiro atoms. The molecule has 0 aliphatic carbocycles. The molecule has 1 amide bonds. The number of nitrogens with two attached hydrogens (primary N) is 1. The van der Waals surface area contributed by atoms with Crippen LogP contribution in [-0.4, -0.2) is 33.0 Å². The Labute approximate surface area is 93.2 Å². The Morgan fingerprint density at radius 1 is 1.64 bits per heavy atom. The molecular formula is C8H12ClN3OS. The highest BCUT2D eigenvalue weighted by Gasteiger charge is 2.60. The van der Waals surface area contributed by atoms with Gasteiger partial charge in [-0.15, -0.1) is 24.2 Å². The molecule has 78 valence electrons. The quantitative estimate of drug-likeness (QED) is 0.612. The highest BCUT2D eigenvalue weighted by molar-refractivity contribution is 8.01. The summed E-state index contributed by atoms with van der Waals surface area (Å²) in [5, 5.41) is 8.95. The van der Waals surface area contributed by atoms with E-state index in [1.807, 2.05) is 13.8 Å². The van der Waals surface area contributed by atoms with Crippen molar-refractivity contribution in [3.05, 3.63) is 0 Å². The molecule has 0 aromatic heterocycles. The van der Waals surface area contributed by atoms with E-state index in [-0.39, 0.29) is 34.5 Å². The van der Waals surface area contributed by atoms with E-state index < -0.39 is 6.04 Å². The number of carbonyl (C=O) groups excluding carboxylic acids is 1. The van der Waals surface area contributed by atoms with E-state index in [1.165, 1.54) is 0 Å². The second kappa shape index (κ2) is 3.30. The molecule has 3 atom stereocenters. The molecule has 0 radical (unpaired) electrons. The summed E-state index contributed by atoms with van der Waals surface area (Å²) < 4.78 is -0.191. The molecule has 6 heteroatoms. The van der Waals surface area contributed by atoms with Crippen LogP contribution in [0.1, 0.15) is 13.8 Å². The van der Waals surface area contributed by atoms with Gasteiger partial charge in [-0.1, -0.05) is 0 Å². The van der Waals surface area contributed by atoms with Crippen molar-refractivity contribution < 1.29 is 4.79 Å². The molecule has 0 aromatic rings. The number of amides is 1. The maximum Gasteiger partial charge on any atom is 0.244 e. The Kier molecular flexibility index (Phi) is 2.74. The zero-order valence-corrected chi connectivity index (χ0v) is 9.56. The maximum atomic E-state index is 11.3. The number of carbonyl (C=O) groups is 1. The van der Waals surface area contributed by atoms with Gasteiger partial charge < -0.3 is 10.6 Å². The standard InChI is InChI=1S/C8H11N3OS.ClH/c1-8(2)4(3-9)11-6(12)5(10)7(11)13-8;/h4-5,7H,10H2,1-2H3;1H/t4?,5?,7-;/m0./s1. The first-order valence-corrected chi connectivity index (χ1v) is 5.02. The van der Waals surface area contributed by atoms with E-state index in [9.17, 15) is 4.79 Å². The largest absolute Gasteiger partial charge is 0.317 e. The Bertz CT molecular complexity index is 314. The van der Waals surface area contributed by atoms with Crippen LogP contribution in [0.4, 0.5) is 0 Å². The van der Waals surface area contributed by atoms with Crippen LogP contribution in [0.25, 0.3) is 0 Å². The number of nitrogens with zero attached hydrogens (tertiary/aromatic N) is 2. The Morgan fingerprint density at radius 2 is 2.21 bits per heavy atom. The molecule has 2 unspecified atom stereocenters. The number of hydrogen-bond acceptors (Lipinski definition) is 4. The van der Waals surface area contributed by atoms with Crippen LogP contribution in [0.3, 0.4) is 0 Å². The van der Waals surface area contributed by atoms with Crippen molar-refractivity contribution in [1.82, 2.24) is 4.90 Å². The minimum Gasteiger partial charge on any atom is -0.317 e. The van der Waals surface area contributed by atoms with Crippen molar-refractivity contribution in [3.63, 3.8) is 0 Å². The van der Waals surface area contributed by atoms with E-state index in [1.54, 1.807) is 16.7 Å². The van der Waals surface area contributed by atoms with Gasteiger partial charge in [-0.25, -0.2) is 0 Å². The number of fused-ring (bicyclic) bond motifs is 1. The highest BCUT2D eigenvalue weighted by atomic mass is 35.5. The lowest BCUT2D eigenvalue weighted by Crippen LogP contribution is -2.67. The first kappa shape index (κ1) is 11.6. The van der Waals surface area contributed by atoms with E-state index in [0.29, 0.717) is 0 Å². The molecule has 2 aliphatic rings. The van der Waals surface area contributed by atoms with Gasteiger partial charge in [-0.3, -0.25) is 4.79 Å². The first-order chi connectivity index (χ1) is 5.99. The summed E-state index contributed by atoms with van der Waals surface area (Å²) in [5.74, 6) is -0.0883. The summed E-state index contributed by atoms with van der Waals surface area (Å²) in [7, 11) is 0. The lowest BCUT2D eigenvalue weighted by atomic mass is 9.98. The topological polar surface area (TPSA) is 70.1 Å². The molecule has 0 aromatic carbocycles. The van der Waals surface area contributed by atoms with Gasteiger partial charge in [0.1, 0.15) is 17.5 Å². The van der Waals surface area contributed by atoms with Crippen LogP contribution in [0, 0.1) is 11.3 Å². The summed E-state index contributed by atoms with van der Waals surface area (Å²) in [5.41, 5.74) is 5.62. The molecule has 0 saturated carbocycles. The predicted octanol–water partition coefficient (Wildman–Crippen LogP) is 0.321. The monoisotopic (exact) mass is 233 g/mol. The predicted molar refractivity (Wildman–Crippen MR) is 56.9 cm³/mol. The van der Waals surface area contributed by atoms with Crippen molar-refractivity contribution in [3.8, 4) is 6.07 Å². The number of thioether (sulfide) groups is 1. The third-order valence-electron chi connectivity index (χ3n) is 2.60. The zero-order chi connectivity index (χ0) is 9.80. The fourth-order valence-corrected chi connectivity index (χ4v) is 3.36. The van der Waals surface area contributed by atoms with Crippen LogP contribution >= 0.6 is 24.2 Å². The van der Waals surface area contributed by atoms with Gasteiger partial charge in [0.05, 0.1) is 6.07 Å². The second-order valence-corrected chi connectivity index (χ2v) is 5.69. The van der Waals surface area contributed by atoms with Gasteiger partial charge in [-0.2, -0.15) is 5.26 Å². The number of β-lactam (4-membered cyclic amide) rings is 1. The van der Waals surface area contributed by atoms with E-state index in [4.69, 9.17) is 11.0 Å². The smallest absolute Gasteiger partial charge is 0.244 e. The van der Waals surface area contributed by atoms with Crippen molar-refractivity contribution >= 4 is 30.1 Å². The van der Waals surface area contributed by atoms with Gasteiger partial charge >= 0.3 is 0 Å². The summed E-state index contributed by atoms with van der Waals surface area (Å²) in [6.07, 6.45) is 0. The SMILES string of the molecule is CC1(C)S[C@H]2C(N)C(=O)N2C1C#N.Cl. The third kappa shape index (κ3) is 1.22. The van der Waals surface area contributed by atoms with Gasteiger partial charge in [-0.05, 0) is 13.8 Å². The number of rotatable bonds is 0. The van der Waals surface area contributed by atoms with Gasteiger partial charge in [0.2, 0.25) is 5.91 Å². The summed E-state index contributed by atoms with van der Waals surface area (Å²) in [6, 6.07) is 1.44. The second-order valence-electron chi connectivity index (χ2n) is 3.91. The zero-order valence-electron chi connectivity index (χ0n) is 7.93. The van der Waals surface area contributed by atoms with Crippen LogP contribution in [0.2, 0.25) is 0 Å². The lowest BCUT2D eigenvalue weighted by molar-refractivity contribution is -0.145. The average molecular weight is 234 g/mol. The molecule has 2 rings (SSSR count). The van der Waals surface area contributed by atoms with Crippen molar-refractivity contribution in [2.45, 2.75) is 36.1 Å². The Morgan fingerprint density at radius 3 is 2.71 bits per heavy atom. The average Bonchev–Trinajstić information content (AvgIpc) is 2.33. The van der Waals surface area contributed by atoms with Crippen LogP contribution in [0.5, 0.6) is 0 Å². The summed E-state index contributed by atoms with van der Waals surface area (Å²) in [6.45, 7) is 3.95. The fraction of sp³-hybridized carbons (Fsp3) is 0.750. The van der Waals surface area contributed by atoms with Crippen LogP contribution in [-0.2, 0) is 4.79 Å². The van der Waals surface area contributed by atoms with Crippen molar-refractivity contribution in [1.29, 1.82) is 5.26 Å². The molecule has 14 heavy (non-hydrogen) atoms. The maximum absolute atomic E-state index is 11.3. The molecule has 4 nitrogen and oxygen atoms in total. The number of halogens is 1. The molecule has 0 bridgehead atoms. The molecule has 2 saturated heterocycles. The van der Waals surface area contributed by atoms with Crippen molar-refractivity contribution in [2.75, 3.05) is 0 Å². The van der Waals surface area contributed by atoms with E-state index >= 15 is 0 Å². The molecule has 2 N–H and O–H groups in total.